The Kier molecular flexibility index (Phi) is 4.40. The van der Waals surface area contributed by atoms with E-state index in [1.54, 1.807) is 29.6 Å². The van der Waals surface area contributed by atoms with Crippen molar-refractivity contribution in [2.24, 2.45) is 5.41 Å². The summed E-state index contributed by atoms with van der Waals surface area (Å²) >= 11 is 5.82. The van der Waals surface area contributed by atoms with Gasteiger partial charge in [0.15, 0.2) is 0 Å². The van der Waals surface area contributed by atoms with Crippen LogP contribution in [0.1, 0.15) is 29.8 Å². The zero-order valence-corrected chi connectivity index (χ0v) is 14.9. The molecule has 0 N–H and O–H groups in total. The van der Waals surface area contributed by atoms with Gasteiger partial charge in [0.2, 0.25) is 0 Å². The van der Waals surface area contributed by atoms with E-state index in [2.05, 4.69) is 9.97 Å². The first kappa shape index (κ1) is 17.0. The van der Waals surface area contributed by atoms with Gasteiger partial charge in [-0.05, 0) is 25.0 Å². The second kappa shape index (κ2) is 6.72. The number of imidazole rings is 1. The number of ether oxygens (including phenoxy) is 1. The number of likely N-dealkylation sites (tertiary alicyclic amines) is 1. The molecular weight excluding hydrogens is 356 g/mol. The summed E-state index contributed by atoms with van der Waals surface area (Å²) in [6.45, 7) is 1.66. The van der Waals surface area contributed by atoms with Crippen molar-refractivity contribution >= 4 is 23.5 Å². The maximum atomic E-state index is 12.6. The van der Waals surface area contributed by atoms with Crippen LogP contribution in [0.5, 0.6) is 0 Å². The molecule has 1 spiro atoms. The van der Waals surface area contributed by atoms with Crippen LogP contribution >= 0.6 is 11.6 Å². The lowest BCUT2D eigenvalue weighted by Crippen LogP contribution is -2.45. The van der Waals surface area contributed by atoms with Crippen molar-refractivity contribution < 1.29 is 14.3 Å². The molecule has 2 aliphatic rings. The first-order valence-electron chi connectivity index (χ1n) is 8.63. The van der Waals surface area contributed by atoms with Crippen LogP contribution in [-0.2, 0) is 16.1 Å². The zero-order chi connectivity index (χ0) is 18.1. The molecule has 0 bridgehead atoms. The minimum atomic E-state index is -0.477. The number of halogens is 1. The number of hydrogen-bond acceptors (Lipinski definition) is 5. The van der Waals surface area contributed by atoms with Crippen molar-refractivity contribution in [1.29, 1.82) is 0 Å². The largest absolute Gasteiger partial charge is 0.460 e. The van der Waals surface area contributed by atoms with Crippen LogP contribution in [0.2, 0.25) is 5.02 Å². The number of hydrogen-bond donors (Lipinski definition) is 0. The van der Waals surface area contributed by atoms with Gasteiger partial charge in [-0.15, -0.1) is 0 Å². The molecule has 2 saturated heterocycles. The molecule has 2 aromatic heterocycles. The van der Waals surface area contributed by atoms with Crippen molar-refractivity contribution in [2.45, 2.75) is 31.9 Å². The summed E-state index contributed by atoms with van der Waals surface area (Å²) in [7, 11) is 0. The quantitative estimate of drug-likeness (QED) is 0.769. The van der Waals surface area contributed by atoms with Crippen molar-refractivity contribution in [3.63, 3.8) is 0 Å². The van der Waals surface area contributed by atoms with Crippen LogP contribution in [0, 0.1) is 5.41 Å². The normalized spacial score (nSPS) is 21.8. The summed E-state index contributed by atoms with van der Waals surface area (Å²) < 4.78 is 7.52. The molecule has 136 valence electrons. The predicted molar refractivity (Wildman–Crippen MR) is 93.5 cm³/mol. The van der Waals surface area contributed by atoms with Crippen molar-refractivity contribution in [1.82, 2.24) is 19.4 Å². The highest BCUT2D eigenvalue weighted by Gasteiger charge is 2.50. The Bertz CT molecular complexity index is 798. The number of piperidine rings is 1. The van der Waals surface area contributed by atoms with E-state index in [4.69, 9.17) is 16.3 Å². The van der Waals surface area contributed by atoms with E-state index in [1.807, 2.05) is 10.8 Å². The second-order valence-electron chi connectivity index (χ2n) is 6.93. The third-order valence-corrected chi connectivity index (χ3v) is 5.48. The lowest BCUT2D eigenvalue weighted by atomic mass is 9.76. The van der Waals surface area contributed by atoms with E-state index < -0.39 is 5.41 Å². The predicted octanol–water partition coefficient (Wildman–Crippen LogP) is 2.17. The van der Waals surface area contributed by atoms with E-state index in [9.17, 15) is 9.59 Å². The molecule has 8 heteroatoms. The molecule has 26 heavy (non-hydrogen) atoms. The van der Waals surface area contributed by atoms with Crippen LogP contribution in [0.4, 0.5) is 0 Å². The van der Waals surface area contributed by atoms with Gasteiger partial charge in [0.05, 0.1) is 23.3 Å². The maximum absolute atomic E-state index is 12.6. The fourth-order valence-corrected chi connectivity index (χ4v) is 3.89. The van der Waals surface area contributed by atoms with Crippen LogP contribution < -0.4 is 0 Å². The number of pyridine rings is 1. The fraction of sp³-hybridized carbons (Fsp3) is 0.444. The monoisotopic (exact) mass is 374 g/mol. The van der Waals surface area contributed by atoms with Gasteiger partial charge >= 0.3 is 5.97 Å². The molecule has 1 atom stereocenters. The zero-order valence-electron chi connectivity index (χ0n) is 14.2. The summed E-state index contributed by atoms with van der Waals surface area (Å²) in [4.78, 5) is 34.9. The average Bonchev–Trinajstić information content (AvgIpc) is 3.25. The van der Waals surface area contributed by atoms with Crippen molar-refractivity contribution in [2.75, 3.05) is 13.1 Å². The summed E-state index contributed by atoms with van der Waals surface area (Å²) in [6.07, 6.45) is 8.54. The van der Waals surface area contributed by atoms with Crippen LogP contribution in [0.3, 0.4) is 0 Å². The van der Waals surface area contributed by atoms with Gasteiger partial charge in [0, 0.05) is 38.1 Å². The minimum Gasteiger partial charge on any atom is -0.460 e. The maximum Gasteiger partial charge on any atom is 0.312 e. The number of aromatic nitrogens is 3. The number of cyclic esters (lactones) is 1. The Morgan fingerprint density at radius 3 is 2.81 bits per heavy atom. The van der Waals surface area contributed by atoms with Gasteiger partial charge in [-0.2, -0.15) is 0 Å². The van der Waals surface area contributed by atoms with E-state index in [0.717, 1.165) is 0 Å². The Hall–Kier alpha value is -2.41. The molecular formula is C18H19ClN4O3. The molecule has 4 rings (SSSR count). The van der Waals surface area contributed by atoms with Crippen molar-refractivity contribution in [3.8, 4) is 0 Å². The number of amides is 1. The van der Waals surface area contributed by atoms with E-state index in [1.165, 1.54) is 6.20 Å². The third-order valence-electron chi connectivity index (χ3n) is 5.25. The summed E-state index contributed by atoms with van der Waals surface area (Å²) in [6, 6.07) is 3.28. The Morgan fingerprint density at radius 2 is 2.15 bits per heavy atom. The molecule has 1 amide bonds. The Balaban J connectivity index is 1.38. The topological polar surface area (TPSA) is 77.3 Å². The highest BCUT2D eigenvalue weighted by Crippen LogP contribution is 2.43. The molecule has 0 aliphatic carbocycles. The SMILES string of the molecule is O=C(c1ccc(Cl)cn1)N1CCC2(CC1)CC(Cn1ccnc1)OC2=O. The summed E-state index contributed by atoms with van der Waals surface area (Å²) in [5.41, 5.74) is -0.104. The molecule has 7 nitrogen and oxygen atoms in total. The fourth-order valence-electron chi connectivity index (χ4n) is 3.78. The van der Waals surface area contributed by atoms with Gasteiger partial charge in [-0.25, -0.2) is 9.97 Å². The summed E-state index contributed by atoms with van der Waals surface area (Å²) in [5, 5.41) is 0.497. The molecule has 2 fully saturated rings. The number of esters is 1. The number of carbonyl (C=O) groups excluding carboxylic acids is 2. The molecule has 2 aliphatic heterocycles. The van der Waals surface area contributed by atoms with Gasteiger partial charge in [0.1, 0.15) is 11.8 Å². The van der Waals surface area contributed by atoms with Gasteiger partial charge in [-0.1, -0.05) is 11.6 Å². The van der Waals surface area contributed by atoms with Gasteiger partial charge in [0.25, 0.3) is 5.91 Å². The van der Waals surface area contributed by atoms with Crippen LogP contribution in [0.25, 0.3) is 0 Å². The highest BCUT2D eigenvalue weighted by atomic mass is 35.5. The molecule has 2 aromatic rings. The number of nitrogens with zero attached hydrogens (tertiary/aromatic N) is 4. The molecule has 0 aromatic carbocycles. The standard InChI is InChI=1S/C18H19ClN4O3/c19-13-1-2-15(21-10-13)16(24)23-6-3-18(4-7-23)9-14(26-17(18)25)11-22-8-5-20-12-22/h1-2,5,8,10,12,14H,3-4,6-7,9,11H2. The first-order valence-corrected chi connectivity index (χ1v) is 9.01. The van der Waals surface area contributed by atoms with Crippen LogP contribution in [0.15, 0.2) is 37.1 Å². The number of rotatable bonds is 3. The lowest BCUT2D eigenvalue weighted by Gasteiger charge is -2.36. The second-order valence-corrected chi connectivity index (χ2v) is 7.36. The average molecular weight is 375 g/mol. The Morgan fingerprint density at radius 1 is 1.35 bits per heavy atom. The molecule has 0 saturated carbocycles. The van der Waals surface area contributed by atoms with Crippen LogP contribution in [-0.4, -0.2) is 50.5 Å². The van der Waals surface area contributed by atoms with Gasteiger partial charge < -0.3 is 14.2 Å². The lowest BCUT2D eigenvalue weighted by molar-refractivity contribution is -0.150. The van der Waals surface area contributed by atoms with E-state index >= 15 is 0 Å². The molecule has 4 heterocycles. The molecule has 0 radical (unpaired) electrons. The minimum absolute atomic E-state index is 0.127. The Labute approximate surface area is 155 Å². The van der Waals surface area contributed by atoms with Gasteiger partial charge in [-0.3, -0.25) is 9.59 Å². The third kappa shape index (κ3) is 3.19. The van der Waals surface area contributed by atoms with Crippen molar-refractivity contribution in [3.05, 3.63) is 47.8 Å². The van der Waals surface area contributed by atoms with E-state index in [0.29, 0.717) is 49.6 Å². The van der Waals surface area contributed by atoms with E-state index in [-0.39, 0.29) is 18.0 Å². The number of carbonyl (C=O) groups is 2. The smallest absolute Gasteiger partial charge is 0.312 e. The highest BCUT2D eigenvalue weighted by molar-refractivity contribution is 6.30. The molecule has 1 unspecified atom stereocenters. The first-order chi connectivity index (χ1) is 12.6. The summed E-state index contributed by atoms with van der Waals surface area (Å²) in [5.74, 6) is -0.267.